The largest absolute Gasteiger partial charge is 0.394 e. The van der Waals surface area contributed by atoms with Crippen molar-refractivity contribution in [1.82, 2.24) is 10.1 Å². The number of rotatable bonds is 5. The van der Waals surface area contributed by atoms with Crippen LogP contribution in [0.15, 0.2) is 4.52 Å². The molecule has 80 valence electrons. The van der Waals surface area contributed by atoms with Gasteiger partial charge in [0.1, 0.15) is 6.04 Å². The number of nitrogens with zero attached hydrogens (tertiary/aromatic N) is 2. The minimum absolute atomic E-state index is 0.182. The van der Waals surface area contributed by atoms with Gasteiger partial charge in [0.2, 0.25) is 5.89 Å². The van der Waals surface area contributed by atoms with Crippen LogP contribution in [0.3, 0.4) is 0 Å². The van der Waals surface area contributed by atoms with Crippen molar-refractivity contribution in [1.29, 1.82) is 0 Å². The summed E-state index contributed by atoms with van der Waals surface area (Å²) in [6.07, 6.45) is 0. The summed E-state index contributed by atoms with van der Waals surface area (Å²) in [5.41, 5.74) is 5.51. The van der Waals surface area contributed by atoms with Crippen molar-refractivity contribution < 1.29 is 9.63 Å². The van der Waals surface area contributed by atoms with Gasteiger partial charge in [-0.05, 0) is 5.25 Å². The van der Waals surface area contributed by atoms with Crippen LogP contribution in [0.2, 0.25) is 0 Å². The maximum absolute atomic E-state index is 8.76. The molecule has 0 radical (unpaired) electrons. The number of thioether (sulfide) groups is 1. The van der Waals surface area contributed by atoms with Crippen molar-refractivity contribution in [2.75, 3.05) is 6.61 Å². The molecule has 0 aliphatic heterocycles. The third-order valence-corrected chi connectivity index (χ3v) is 2.63. The molecule has 0 aliphatic rings. The summed E-state index contributed by atoms with van der Waals surface area (Å²) in [5.74, 6) is 1.63. The van der Waals surface area contributed by atoms with Gasteiger partial charge >= 0.3 is 0 Å². The van der Waals surface area contributed by atoms with Gasteiger partial charge in [-0.15, -0.1) is 0 Å². The Morgan fingerprint density at radius 1 is 1.57 bits per heavy atom. The number of hydrogen-bond donors (Lipinski definition) is 2. The van der Waals surface area contributed by atoms with Crippen LogP contribution in [0.1, 0.15) is 31.6 Å². The first-order chi connectivity index (χ1) is 6.63. The SMILES string of the molecule is CC(C)SCc1noc([C@@H](N)CO)n1. The molecule has 0 spiro atoms. The highest BCUT2D eigenvalue weighted by atomic mass is 32.2. The molecular formula is C8H15N3O2S. The Hall–Kier alpha value is -0.590. The lowest BCUT2D eigenvalue weighted by molar-refractivity contribution is 0.236. The molecule has 0 fully saturated rings. The van der Waals surface area contributed by atoms with Crippen LogP contribution >= 0.6 is 11.8 Å². The van der Waals surface area contributed by atoms with Crippen molar-refractivity contribution in [3.63, 3.8) is 0 Å². The number of hydrogen-bond acceptors (Lipinski definition) is 6. The van der Waals surface area contributed by atoms with Crippen LogP contribution in [0.4, 0.5) is 0 Å². The average Bonchev–Trinajstić information content (AvgIpc) is 2.62. The molecule has 0 saturated heterocycles. The van der Waals surface area contributed by atoms with Gasteiger partial charge in [-0.1, -0.05) is 19.0 Å². The third kappa shape index (κ3) is 3.28. The standard InChI is InChI=1S/C8H15N3O2S/c1-5(2)14-4-7-10-8(13-11-7)6(9)3-12/h5-6,12H,3-4,9H2,1-2H3/t6-/m0/s1. The van der Waals surface area contributed by atoms with Crippen LogP contribution in [-0.4, -0.2) is 27.1 Å². The van der Waals surface area contributed by atoms with E-state index in [2.05, 4.69) is 24.0 Å². The first-order valence-corrected chi connectivity index (χ1v) is 5.49. The lowest BCUT2D eigenvalue weighted by atomic mass is 10.3. The zero-order valence-corrected chi connectivity index (χ0v) is 9.12. The molecule has 0 amide bonds. The fourth-order valence-corrected chi connectivity index (χ4v) is 1.40. The minimum Gasteiger partial charge on any atom is -0.394 e. The Labute approximate surface area is 87.1 Å². The summed E-state index contributed by atoms with van der Waals surface area (Å²) in [5, 5.41) is 13.0. The summed E-state index contributed by atoms with van der Waals surface area (Å²) in [4.78, 5) is 4.07. The van der Waals surface area contributed by atoms with E-state index in [1.54, 1.807) is 11.8 Å². The maximum atomic E-state index is 8.76. The summed E-state index contributed by atoms with van der Waals surface area (Å²) in [6.45, 7) is 4.02. The molecule has 0 aliphatic carbocycles. The summed E-state index contributed by atoms with van der Waals surface area (Å²) in [6, 6.07) is -0.569. The predicted octanol–water partition coefficient (Wildman–Crippen LogP) is 0.703. The van der Waals surface area contributed by atoms with E-state index in [4.69, 9.17) is 15.4 Å². The Morgan fingerprint density at radius 3 is 2.86 bits per heavy atom. The molecule has 5 nitrogen and oxygen atoms in total. The van der Waals surface area contributed by atoms with E-state index in [0.29, 0.717) is 22.7 Å². The van der Waals surface area contributed by atoms with Crippen LogP contribution in [0.5, 0.6) is 0 Å². The van der Waals surface area contributed by atoms with Crippen molar-refractivity contribution in [2.24, 2.45) is 5.73 Å². The Morgan fingerprint density at radius 2 is 2.29 bits per heavy atom. The minimum atomic E-state index is -0.569. The highest BCUT2D eigenvalue weighted by molar-refractivity contribution is 7.99. The molecule has 14 heavy (non-hydrogen) atoms. The molecule has 3 N–H and O–H groups in total. The summed E-state index contributed by atoms with van der Waals surface area (Å²) < 4.78 is 4.89. The normalized spacial score (nSPS) is 13.5. The number of aliphatic hydroxyl groups excluding tert-OH is 1. The van der Waals surface area contributed by atoms with Crippen LogP contribution in [0, 0.1) is 0 Å². The summed E-state index contributed by atoms with van der Waals surface area (Å²) in [7, 11) is 0. The van der Waals surface area contributed by atoms with Crippen LogP contribution < -0.4 is 5.73 Å². The molecule has 1 rings (SSSR count). The monoisotopic (exact) mass is 217 g/mol. The quantitative estimate of drug-likeness (QED) is 0.755. The van der Waals surface area contributed by atoms with Gasteiger partial charge in [-0.25, -0.2) is 0 Å². The number of nitrogens with two attached hydrogens (primary N) is 1. The molecular weight excluding hydrogens is 202 g/mol. The fourth-order valence-electron chi connectivity index (χ4n) is 0.796. The Bertz CT molecular complexity index is 277. The Balaban J connectivity index is 2.50. The molecule has 1 aromatic rings. The lowest BCUT2D eigenvalue weighted by Gasteiger charge is -2.00. The van der Waals surface area contributed by atoms with Gasteiger partial charge in [-0.2, -0.15) is 16.7 Å². The molecule has 0 bridgehead atoms. The van der Waals surface area contributed by atoms with Crippen molar-refractivity contribution >= 4 is 11.8 Å². The van der Waals surface area contributed by atoms with Gasteiger partial charge in [-0.3, -0.25) is 0 Å². The van der Waals surface area contributed by atoms with Gasteiger partial charge < -0.3 is 15.4 Å². The molecule has 0 aromatic carbocycles. The summed E-state index contributed by atoms with van der Waals surface area (Å²) >= 11 is 1.73. The van der Waals surface area contributed by atoms with Crippen molar-refractivity contribution in [2.45, 2.75) is 30.9 Å². The first kappa shape index (κ1) is 11.5. The topological polar surface area (TPSA) is 85.2 Å². The van der Waals surface area contributed by atoms with E-state index in [-0.39, 0.29) is 6.61 Å². The van der Waals surface area contributed by atoms with Gasteiger partial charge in [0.05, 0.1) is 12.4 Å². The second-order valence-electron chi connectivity index (χ2n) is 3.20. The number of aliphatic hydroxyl groups is 1. The molecule has 1 heterocycles. The van der Waals surface area contributed by atoms with Crippen LogP contribution in [-0.2, 0) is 5.75 Å². The number of aromatic nitrogens is 2. The first-order valence-electron chi connectivity index (χ1n) is 4.44. The predicted molar refractivity (Wildman–Crippen MR) is 54.7 cm³/mol. The van der Waals surface area contributed by atoms with Gasteiger partial charge in [0.25, 0.3) is 0 Å². The van der Waals surface area contributed by atoms with E-state index in [1.165, 1.54) is 0 Å². The Kier molecular flexibility index (Phi) is 4.37. The molecule has 0 saturated carbocycles. The van der Waals surface area contributed by atoms with E-state index < -0.39 is 6.04 Å². The molecule has 1 atom stereocenters. The van der Waals surface area contributed by atoms with Crippen molar-refractivity contribution in [3.8, 4) is 0 Å². The van der Waals surface area contributed by atoms with Crippen molar-refractivity contribution in [3.05, 3.63) is 11.7 Å². The average molecular weight is 217 g/mol. The second kappa shape index (κ2) is 5.33. The smallest absolute Gasteiger partial charge is 0.245 e. The molecule has 1 aromatic heterocycles. The molecule has 6 heteroatoms. The molecule has 0 unspecified atom stereocenters. The third-order valence-electron chi connectivity index (χ3n) is 1.54. The highest BCUT2D eigenvalue weighted by Gasteiger charge is 2.13. The zero-order chi connectivity index (χ0) is 10.6. The van der Waals surface area contributed by atoms with Gasteiger partial charge in [0.15, 0.2) is 5.82 Å². The highest BCUT2D eigenvalue weighted by Crippen LogP contribution is 2.16. The maximum Gasteiger partial charge on any atom is 0.245 e. The second-order valence-corrected chi connectivity index (χ2v) is 4.76. The van der Waals surface area contributed by atoms with E-state index >= 15 is 0 Å². The lowest BCUT2D eigenvalue weighted by Crippen LogP contribution is -2.14. The van der Waals surface area contributed by atoms with E-state index in [9.17, 15) is 0 Å². The van der Waals surface area contributed by atoms with Crippen LogP contribution in [0.25, 0.3) is 0 Å². The van der Waals surface area contributed by atoms with E-state index in [1.807, 2.05) is 0 Å². The fraction of sp³-hybridized carbons (Fsp3) is 0.750. The zero-order valence-electron chi connectivity index (χ0n) is 8.30. The van der Waals surface area contributed by atoms with Gasteiger partial charge in [0, 0.05) is 0 Å². The van der Waals surface area contributed by atoms with E-state index in [0.717, 1.165) is 0 Å².